The van der Waals surface area contributed by atoms with E-state index in [1.807, 2.05) is 55.5 Å². The van der Waals surface area contributed by atoms with E-state index < -0.39 is 8.32 Å². The number of aromatic amines is 2. The maximum atomic E-state index is 14.6. The minimum Gasteiger partial charge on any atom is -0.542 e. The predicted octanol–water partition coefficient (Wildman–Crippen LogP) is 9.58. The van der Waals surface area contributed by atoms with Gasteiger partial charge in [-0.1, -0.05) is 78.8 Å². The Morgan fingerprint density at radius 1 is 0.960 bits per heavy atom. The molecule has 12 heteroatoms. The number of amides is 1. The summed E-state index contributed by atoms with van der Waals surface area (Å²) in [4.78, 5) is 37.4. The smallest absolute Gasteiger partial charge is 0.274 e. The van der Waals surface area contributed by atoms with Crippen molar-refractivity contribution >= 4 is 74.5 Å². The number of nitrogens with one attached hydrogen (secondary N) is 2. The Morgan fingerprint density at radius 2 is 1.66 bits per heavy atom. The second-order valence-corrected chi connectivity index (χ2v) is 20.5. The Kier molecular flexibility index (Phi) is 9.84. The van der Waals surface area contributed by atoms with Gasteiger partial charge in [-0.2, -0.15) is 0 Å². The lowest BCUT2D eigenvalue weighted by molar-refractivity contribution is 0.0984. The van der Waals surface area contributed by atoms with Gasteiger partial charge in [0.05, 0.1) is 43.6 Å². The van der Waals surface area contributed by atoms with Gasteiger partial charge in [0.2, 0.25) is 10.9 Å². The molecule has 1 aliphatic heterocycles. The van der Waals surface area contributed by atoms with Crippen molar-refractivity contribution < 1.29 is 28.2 Å². The number of methoxy groups -OCH3 is 3. The SMILES string of the molecule is COc1cc2cc(C(=O)N3CC(CBr)c4c3cc(O[Si](C)(C)C(C)(C)C)c3[nH]c(C)c(C(=O)SCc5ccccc5)c43)[nH]c2c(OC)c1OC. The molecule has 0 aliphatic carbocycles. The molecular formula is C38H44BrN3O6SSi. The highest BCUT2D eigenvalue weighted by molar-refractivity contribution is 9.09. The van der Waals surface area contributed by atoms with E-state index in [0.29, 0.717) is 57.4 Å². The van der Waals surface area contributed by atoms with Crippen molar-refractivity contribution in [1.29, 1.82) is 0 Å². The average Bonchev–Trinajstić information content (AvgIpc) is 3.78. The van der Waals surface area contributed by atoms with Gasteiger partial charge in [0.1, 0.15) is 11.4 Å². The van der Waals surface area contributed by atoms with Crippen molar-refractivity contribution in [2.75, 3.05) is 38.1 Å². The van der Waals surface area contributed by atoms with Crippen molar-refractivity contribution in [2.45, 2.75) is 57.5 Å². The van der Waals surface area contributed by atoms with Gasteiger partial charge >= 0.3 is 0 Å². The van der Waals surface area contributed by atoms with Gasteiger partial charge in [0.15, 0.2) is 11.5 Å². The lowest BCUT2D eigenvalue weighted by Gasteiger charge is -2.36. The highest BCUT2D eigenvalue weighted by atomic mass is 79.9. The van der Waals surface area contributed by atoms with Crippen LogP contribution in [0.25, 0.3) is 21.8 Å². The molecule has 1 atom stereocenters. The first-order valence-corrected chi connectivity index (χ1v) is 21.5. The molecule has 1 amide bonds. The summed E-state index contributed by atoms with van der Waals surface area (Å²) in [6, 6.07) is 15.6. The Hall–Kier alpha value is -3.87. The largest absolute Gasteiger partial charge is 0.542 e. The highest BCUT2D eigenvalue weighted by Gasteiger charge is 2.42. The number of carbonyl (C=O) groups is 2. The number of hydrogen-bond acceptors (Lipinski definition) is 7. The molecular weight excluding hydrogens is 734 g/mol. The predicted molar refractivity (Wildman–Crippen MR) is 209 cm³/mol. The Labute approximate surface area is 306 Å². The number of alkyl halides is 1. The zero-order chi connectivity index (χ0) is 36.1. The molecule has 0 spiro atoms. The first-order chi connectivity index (χ1) is 23.7. The van der Waals surface area contributed by atoms with Crippen LogP contribution in [-0.2, 0) is 5.75 Å². The van der Waals surface area contributed by atoms with E-state index >= 15 is 0 Å². The van der Waals surface area contributed by atoms with Gasteiger partial charge in [-0.25, -0.2) is 0 Å². The second-order valence-electron chi connectivity index (χ2n) is 14.2. The standard InChI is InChI=1S/C38H44BrN3O6SSi/c1-21-29(37(44)49-20-22-13-11-10-12-14-22)31-30-24(18-39)19-42(26(30)17-27(33(31)40-21)48-50(8,9)38(2,3)4)36(43)25-15-23-16-28(45-5)34(46-6)35(47-7)32(23)41-25/h10-17,24,40-41H,18-20H2,1-9H3. The second kappa shape index (κ2) is 13.7. The third-order valence-corrected chi connectivity index (χ3v) is 16.1. The number of hydrogen-bond donors (Lipinski definition) is 2. The molecule has 0 bridgehead atoms. The number of rotatable bonds is 10. The van der Waals surface area contributed by atoms with E-state index in [2.05, 4.69) is 59.8 Å². The van der Waals surface area contributed by atoms with Gasteiger partial charge < -0.3 is 33.5 Å². The summed E-state index contributed by atoms with van der Waals surface area (Å²) in [6.07, 6.45) is 0. The molecule has 1 aliphatic rings. The van der Waals surface area contributed by atoms with Gasteiger partial charge in [-0.05, 0) is 48.3 Å². The molecule has 6 rings (SSSR count). The van der Waals surface area contributed by atoms with E-state index in [1.54, 1.807) is 26.2 Å². The number of ether oxygens (including phenoxy) is 3. The molecule has 1 unspecified atom stereocenters. The van der Waals surface area contributed by atoms with Crippen LogP contribution in [0, 0.1) is 6.92 Å². The van der Waals surface area contributed by atoms with E-state index in [0.717, 1.165) is 38.8 Å². The highest BCUT2D eigenvalue weighted by Crippen LogP contribution is 2.50. The molecule has 0 fully saturated rings. The zero-order valence-electron chi connectivity index (χ0n) is 30.0. The van der Waals surface area contributed by atoms with Crippen LogP contribution in [0.5, 0.6) is 23.0 Å². The summed E-state index contributed by atoms with van der Waals surface area (Å²) >= 11 is 5.04. The number of benzene rings is 3. The summed E-state index contributed by atoms with van der Waals surface area (Å²) in [5.74, 6) is 2.32. The van der Waals surface area contributed by atoms with Gasteiger partial charge in [0.25, 0.3) is 14.2 Å². The number of fused-ring (bicyclic) bond motifs is 4. The van der Waals surface area contributed by atoms with Crippen molar-refractivity contribution in [2.24, 2.45) is 0 Å². The van der Waals surface area contributed by atoms with Crippen LogP contribution in [0.4, 0.5) is 5.69 Å². The van der Waals surface area contributed by atoms with Crippen LogP contribution in [0.2, 0.25) is 18.1 Å². The monoisotopic (exact) mass is 777 g/mol. The molecule has 264 valence electrons. The van der Waals surface area contributed by atoms with Crippen molar-refractivity contribution in [1.82, 2.24) is 9.97 Å². The third-order valence-electron chi connectivity index (χ3n) is 10.0. The fourth-order valence-electron chi connectivity index (χ4n) is 6.41. The number of halogens is 1. The third kappa shape index (κ3) is 6.19. The van der Waals surface area contributed by atoms with Gasteiger partial charge in [0, 0.05) is 46.1 Å². The number of thioether (sulfide) groups is 1. The van der Waals surface area contributed by atoms with Crippen molar-refractivity contribution in [3.63, 3.8) is 0 Å². The summed E-state index contributed by atoms with van der Waals surface area (Å²) in [5.41, 5.74) is 6.00. The minimum absolute atomic E-state index is 0.0204. The molecule has 0 radical (unpaired) electrons. The van der Waals surface area contributed by atoms with Crippen LogP contribution in [-0.4, -0.2) is 62.5 Å². The summed E-state index contributed by atoms with van der Waals surface area (Å²) in [6.45, 7) is 13.4. The number of aryl methyl sites for hydroxylation is 1. The number of aromatic nitrogens is 2. The summed E-state index contributed by atoms with van der Waals surface area (Å²) < 4.78 is 23.9. The Morgan fingerprint density at radius 3 is 2.28 bits per heavy atom. The number of carbonyl (C=O) groups excluding carboxylic acids is 2. The van der Waals surface area contributed by atoms with Gasteiger partial charge in [-0.15, -0.1) is 0 Å². The molecule has 0 saturated heterocycles. The molecule has 3 heterocycles. The molecule has 0 saturated carbocycles. The van der Waals surface area contributed by atoms with E-state index in [1.165, 1.54) is 11.8 Å². The zero-order valence-corrected chi connectivity index (χ0v) is 33.4. The maximum absolute atomic E-state index is 14.6. The van der Waals surface area contributed by atoms with Crippen LogP contribution in [0.3, 0.4) is 0 Å². The number of anilines is 1. The molecule has 3 aromatic carbocycles. The number of nitrogens with zero attached hydrogens (tertiary/aromatic N) is 1. The average molecular weight is 779 g/mol. The van der Waals surface area contributed by atoms with Gasteiger partial charge in [-0.3, -0.25) is 9.59 Å². The molecule has 5 aromatic rings. The fourth-order valence-corrected chi connectivity index (χ4v) is 8.85. The first-order valence-electron chi connectivity index (χ1n) is 16.5. The molecule has 50 heavy (non-hydrogen) atoms. The van der Waals surface area contributed by atoms with E-state index in [-0.39, 0.29) is 22.0 Å². The Bertz CT molecular complexity index is 2100. The first kappa shape index (κ1) is 35.9. The molecule has 9 nitrogen and oxygen atoms in total. The lowest BCUT2D eigenvalue weighted by Crippen LogP contribution is -2.44. The quantitative estimate of drug-likeness (QED) is 0.108. The fraction of sp³-hybridized carbons (Fsp3) is 0.368. The van der Waals surface area contributed by atoms with Crippen LogP contribution < -0.4 is 23.5 Å². The van der Waals surface area contributed by atoms with E-state index in [9.17, 15) is 9.59 Å². The normalized spacial score (nSPS) is 14.7. The lowest BCUT2D eigenvalue weighted by atomic mass is 9.96. The Balaban J connectivity index is 1.52. The summed E-state index contributed by atoms with van der Waals surface area (Å²) in [7, 11) is 2.33. The van der Waals surface area contributed by atoms with Crippen molar-refractivity contribution in [3.8, 4) is 23.0 Å². The number of H-pyrrole nitrogens is 2. The summed E-state index contributed by atoms with van der Waals surface area (Å²) in [5, 5.41) is 2.08. The molecule has 2 aromatic heterocycles. The molecule has 2 N–H and O–H groups in total. The van der Waals surface area contributed by atoms with Crippen LogP contribution >= 0.6 is 27.7 Å². The van der Waals surface area contributed by atoms with Crippen molar-refractivity contribution in [3.05, 3.63) is 76.6 Å². The van der Waals surface area contributed by atoms with E-state index in [4.69, 9.17) is 18.6 Å². The van der Waals surface area contributed by atoms with Crippen LogP contribution in [0.1, 0.15) is 64.4 Å². The maximum Gasteiger partial charge on any atom is 0.274 e. The van der Waals surface area contributed by atoms with Crippen LogP contribution in [0.15, 0.2) is 48.5 Å². The minimum atomic E-state index is -2.35. The topological polar surface area (TPSA) is 106 Å².